The highest BCUT2D eigenvalue weighted by molar-refractivity contribution is 6.30. The first kappa shape index (κ1) is 13.8. The second-order valence-electron chi connectivity index (χ2n) is 5.67. The van der Waals surface area contributed by atoms with Crippen LogP contribution < -0.4 is 5.32 Å². The van der Waals surface area contributed by atoms with Gasteiger partial charge in [-0.25, -0.2) is 4.39 Å². The van der Waals surface area contributed by atoms with E-state index in [9.17, 15) is 9.18 Å². The molecule has 1 saturated carbocycles. The van der Waals surface area contributed by atoms with Crippen molar-refractivity contribution in [3.8, 4) is 0 Å². The summed E-state index contributed by atoms with van der Waals surface area (Å²) in [7, 11) is 0. The fourth-order valence-corrected chi connectivity index (χ4v) is 3.42. The van der Waals surface area contributed by atoms with Crippen molar-refractivity contribution in [2.45, 2.75) is 13.5 Å². The van der Waals surface area contributed by atoms with E-state index >= 15 is 0 Å². The summed E-state index contributed by atoms with van der Waals surface area (Å²) in [5.74, 6) is 0.932. The Bertz CT molecular complexity index is 525. The van der Waals surface area contributed by atoms with Crippen molar-refractivity contribution in [3.63, 3.8) is 0 Å². The maximum Gasteiger partial charge on any atom is 0.224 e. The summed E-state index contributed by atoms with van der Waals surface area (Å²) < 4.78 is 13.0. The average molecular weight is 297 g/mol. The number of carbonyl (C=O) groups is 1. The van der Waals surface area contributed by atoms with Gasteiger partial charge < -0.3 is 10.2 Å². The number of hydrogen-bond donors (Lipinski definition) is 1. The lowest BCUT2D eigenvalue weighted by molar-refractivity contribution is -0.123. The first-order valence-electron chi connectivity index (χ1n) is 7.04. The van der Waals surface area contributed by atoms with Gasteiger partial charge in [0.2, 0.25) is 5.91 Å². The highest BCUT2D eigenvalue weighted by atomic mass is 35.5. The van der Waals surface area contributed by atoms with Crippen LogP contribution in [0.3, 0.4) is 0 Å². The molecule has 1 aromatic rings. The highest BCUT2D eigenvalue weighted by Gasteiger charge is 2.58. The fourth-order valence-electron chi connectivity index (χ4n) is 3.22. The van der Waals surface area contributed by atoms with Crippen LogP contribution in [-0.2, 0) is 11.3 Å². The molecule has 1 saturated heterocycles. The van der Waals surface area contributed by atoms with Crippen LogP contribution in [0.25, 0.3) is 0 Å². The Kier molecular flexibility index (Phi) is 3.69. The summed E-state index contributed by atoms with van der Waals surface area (Å²) in [5.41, 5.74) is 0.825. The van der Waals surface area contributed by atoms with Crippen molar-refractivity contribution < 1.29 is 9.18 Å². The van der Waals surface area contributed by atoms with Gasteiger partial charge in [-0.1, -0.05) is 24.6 Å². The van der Waals surface area contributed by atoms with Gasteiger partial charge in [-0.3, -0.25) is 4.79 Å². The molecule has 0 radical (unpaired) electrons. The number of piperidine rings is 1. The molecule has 1 aromatic carbocycles. The lowest BCUT2D eigenvalue weighted by Gasteiger charge is -2.16. The van der Waals surface area contributed by atoms with Crippen LogP contribution in [0, 0.1) is 23.6 Å². The Morgan fingerprint density at radius 2 is 2.15 bits per heavy atom. The first-order chi connectivity index (χ1) is 9.60. The minimum absolute atomic E-state index is 0.0960. The van der Waals surface area contributed by atoms with Gasteiger partial charge in [0, 0.05) is 25.6 Å². The number of nitrogens with zero attached hydrogens (tertiary/aromatic N) is 1. The van der Waals surface area contributed by atoms with E-state index in [0.717, 1.165) is 25.2 Å². The van der Waals surface area contributed by atoms with Gasteiger partial charge in [-0.15, -0.1) is 0 Å². The van der Waals surface area contributed by atoms with Gasteiger partial charge in [-0.2, -0.15) is 0 Å². The van der Waals surface area contributed by atoms with Crippen LogP contribution in [0.5, 0.6) is 0 Å². The monoisotopic (exact) mass is 296 g/mol. The van der Waals surface area contributed by atoms with E-state index in [1.165, 1.54) is 6.07 Å². The Morgan fingerprint density at radius 1 is 1.45 bits per heavy atom. The minimum Gasteiger partial charge on any atom is -0.352 e. The third kappa shape index (κ3) is 2.54. The number of amides is 1. The Morgan fingerprint density at radius 3 is 2.75 bits per heavy atom. The fraction of sp³-hybridized carbons (Fsp3) is 0.533. The number of rotatable bonds is 4. The second kappa shape index (κ2) is 5.34. The summed E-state index contributed by atoms with van der Waals surface area (Å²) in [6, 6.07) is 4.53. The molecule has 3 nitrogen and oxygen atoms in total. The zero-order chi connectivity index (χ0) is 14.3. The zero-order valence-corrected chi connectivity index (χ0v) is 12.2. The Balaban J connectivity index is 1.50. The summed E-state index contributed by atoms with van der Waals surface area (Å²) in [4.78, 5) is 14.5. The Hall–Kier alpha value is -1.13. The zero-order valence-electron chi connectivity index (χ0n) is 11.4. The molecule has 1 aliphatic heterocycles. The van der Waals surface area contributed by atoms with E-state index in [2.05, 4.69) is 17.1 Å². The third-order valence-electron chi connectivity index (χ3n) is 4.47. The minimum atomic E-state index is -0.432. The quantitative estimate of drug-likeness (QED) is 0.924. The van der Waals surface area contributed by atoms with Crippen LogP contribution in [0.15, 0.2) is 18.2 Å². The van der Waals surface area contributed by atoms with Gasteiger partial charge in [0.15, 0.2) is 0 Å². The number of halogens is 2. The predicted molar refractivity (Wildman–Crippen MR) is 75.8 cm³/mol. The largest absolute Gasteiger partial charge is 0.352 e. The topological polar surface area (TPSA) is 32.3 Å². The molecule has 2 fully saturated rings. The number of likely N-dealkylation sites (tertiary alicyclic amines) is 1. The molecule has 1 N–H and O–H groups in total. The molecular weight excluding hydrogens is 279 g/mol. The number of hydrogen-bond acceptors (Lipinski definition) is 2. The van der Waals surface area contributed by atoms with E-state index in [0.29, 0.717) is 18.4 Å². The molecule has 108 valence electrons. The van der Waals surface area contributed by atoms with Crippen LogP contribution in [0.2, 0.25) is 5.02 Å². The van der Waals surface area contributed by atoms with E-state index in [1.807, 2.05) is 0 Å². The van der Waals surface area contributed by atoms with E-state index in [-0.39, 0.29) is 16.8 Å². The van der Waals surface area contributed by atoms with Gasteiger partial charge in [0.1, 0.15) is 5.82 Å². The molecule has 20 heavy (non-hydrogen) atoms. The maximum absolute atomic E-state index is 13.0. The third-order valence-corrected chi connectivity index (χ3v) is 4.76. The lowest BCUT2D eigenvalue weighted by Crippen LogP contribution is -2.31. The van der Waals surface area contributed by atoms with Gasteiger partial charge >= 0.3 is 0 Å². The lowest BCUT2D eigenvalue weighted by atomic mass is 10.2. The first-order valence-corrected chi connectivity index (χ1v) is 7.42. The van der Waals surface area contributed by atoms with Crippen molar-refractivity contribution in [2.24, 2.45) is 17.8 Å². The molecule has 1 amide bonds. The summed E-state index contributed by atoms with van der Waals surface area (Å²) in [5, 5.41) is 3.03. The van der Waals surface area contributed by atoms with Gasteiger partial charge in [-0.05, 0) is 36.1 Å². The number of fused-ring (bicyclic) bond motifs is 1. The molecule has 0 spiro atoms. The van der Waals surface area contributed by atoms with Crippen molar-refractivity contribution >= 4 is 17.5 Å². The second-order valence-corrected chi connectivity index (χ2v) is 6.08. The molecule has 0 aromatic heterocycles. The average Bonchev–Trinajstić information content (AvgIpc) is 2.94. The van der Waals surface area contributed by atoms with Crippen LogP contribution in [0.4, 0.5) is 4.39 Å². The molecule has 0 bridgehead atoms. The van der Waals surface area contributed by atoms with Gasteiger partial charge in [0.05, 0.1) is 5.02 Å². The van der Waals surface area contributed by atoms with Crippen LogP contribution in [0.1, 0.15) is 12.5 Å². The highest BCUT2D eigenvalue weighted by Crippen LogP contribution is 2.51. The van der Waals surface area contributed by atoms with Crippen molar-refractivity contribution in [2.75, 3.05) is 19.6 Å². The molecule has 2 unspecified atom stereocenters. The van der Waals surface area contributed by atoms with Crippen LogP contribution >= 0.6 is 11.6 Å². The normalized spacial score (nSPS) is 28.2. The number of nitrogens with one attached hydrogen (secondary N) is 1. The molecule has 3 rings (SSSR count). The molecule has 2 atom stereocenters. The molecule has 1 aliphatic carbocycles. The maximum atomic E-state index is 13.0. The van der Waals surface area contributed by atoms with E-state index in [1.54, 1.807) is 12.1 Å². The SMILES string of the molecule is CCN1CC2C(C1)C2C(=O)NCc1ccc(F)c(Cl)c1. The van der Waals surface area contributed by atoms with Crippen molar-refractivity contribution in [1.29, 1.82) is 0 Å². The summed E-state index contributed by atoms with van der Waals surface area (Å²) in [6.07, 6.45) is 0. The standard InChI is InChI=1S/C15H18ClFN2O/c1-2-19-7-10-11(8-19)14(10)15(20)18-6-9-3-4-13(17)12(16)5-9/h3-5,10-11,14H,2,6-8H2,1H3,(H,18,20). The smallest absolute Gasteiger partial charge is 0.224 e. The summed E-state index contributed by atoms with van der Waals surface area (Å²) in [6.45, 7) is 5.71. The van der Waals surface area contributed by atoms with Crippen molar-refractivity contribution in [3.05, 3.63) is 34.6 Å². The predicted octanol–water partition coefficient (Wildman–Crippen LogP) is 2.29. The van der Waals surface area contributed by atoms with Gasteiger partial charge in [0.25, 0.3) is 0 Å². The van der Waals surface area contributed by atoms with E-state index in [4.69, 9.17) is 11.6 Å². The van der Waals surface area contributed by atoms with Crippen LogP contribution in [-0.4, -0.2) is 30.4 Å². The van der Waals surface area contributed by atoms with E-state index < -0.39 is 5.82 Å². The van der Waals surface area contributed by atoms with Crippen molar-refractivity contribution in [1.82, 2.24) is 10.2 Å². The molecular formula is C15H18ClFN2O. The molecule has 1 heterocycles. The summed E-state index contributed by atoms with van der Waals surface area (Å²) >= 11 is 5.72. The number of benzene rings is 1. The molecule has 5 heteroatoms. The Labute approximate surface area is 123 Å². The molecule has 2 aliphatic rings. The number of carbonyl (C=O) groups excluding carboxylic acids is 1.